The minimum atomic E-state index is 0.0836. The van der Waals surface area contributed by atoms with Crippen LogP contribution in [0.4, 0.5) is 17.1 Å². The molecule has 0 radical (unpaired) electrons. The minimum absolute atomic E-state index is 0.0836. The van der Waals surface area contributed by atoms with Gasteiger partial charge in [-0.1, -0.05) is 6.92 Å². The molecule has 0 spiro atoms. The number of aryl methyl sites for hydroxylation is 1. The van der Waals surface area contributed by atoms with Crippen LogP contribution in [0.15, 0.2) is 12.1 Å². The van der Waals surface area contributed by atoms with Crippen LogP contribution in [0.2, 0.25) is 0 Å². The van der Waals surface area contributed by atoms with Crippen molar-refractivity contribution < 1.29 is 4.79 Å². The van der Waals surface area contributed by atoms with Crippen LogP contribution < -0.4 is 16.0 Å². The summed E-state index contributed by atoms with van der Waals surface area (Å²) in [6.45, 7) is 5.31. The molecule has 3 N–H and O–H groups in total. The average Bonchev–Trinajstić information content (AvgIpc) is 2.47. The third-order valence-electron chi connectivity index (χ3n) is 4.74. The van der Waals surface area contributed by atoms with Crippen LogP contribution in [0.25, 0.3) is 0 Å². The number of nitrogen functional groups attached to an aromatic ring is 1. The van der Waals surface area contributed by atoms with Gasteiger partial charge in [0.05, 0.1) is 11.4 Å². The van der Waals surface area contributed by atoms with Crippen LogP contribution in [-0.4, -0.2) is 43.5 Å². The molecule has 5 heteroatoms. The number of hydrogen-bond acceptors (Lipinski definition) is 4. The summed E-state index contributed by atoms with van der Waals surface area (Å²) in [5.74, 6) is 0.0836. The lowest BCUT2D eigenvalue weighted by Gasteiger charge is -2.41. The molecule has 2 heterocycles. The van der Waals surface area contributed by atoms with Gasteiger partial charge >= 0.3 is 0 Å². The van der Waals surface area contributed by atoms with Crippen molar-refractivity contribution in [2.75, 3.05) is 42.6 Å². The van der Waals surface area contributed by atoms with Gasteiger partial charge in [-0.05, 0) is 37.6 Å². The molecule has 21 heavy (non-hydrogen) atoms. The van der Waals surface area contributed by atoms with Crippen LogP contribution in [0.5, 0.6) is 0 Å². The van der Waals surface area contributed by atoms with Crippen LogP contribution in [-0.2, 0) is 11.2 Å². The number of benzene rings is 1. The Bertz CT molecular complexity index is 557. The van der Waals surface area contributed by atoms with E-state index in [1.807, 2.05) is 6.07 Å². The van der Waals surface area contributed by atoms with E-state index in [9.17, 15) is 4.79 Å². The van der Waals surface area contributed by atoms with Crippen molar-refractivity contribution in [3.63, 3.8) is 0 Å². The number of fused-ring (bicyclic) bond motifs is 1. The fourth-order valence-corrected chi connectivity index (χ4v) is 3.31. The SMILES string of the molecule is CCC1CN(c2cc3c(cc2N)NC(=O)CC3)CCN1C. The number of piperazine rings is 1. The van der Waals surface area contributed by atoms with E-state index in [0.717, 1.165) is 49.5 Å². The number of hydrogen-bond donors (Lipinski definition) is 2. The minimum Gasteiger partial charge on any atom is -0.397 e. The first-order valence-electron chi connectivity index (χ1n) is 7.76. The second-order valence-electron chi connectivity index (χ2n) is 6.11. The van der Waals surface area contributed by atoms with Crippen molar-refractivity contribution in [3.05, 3.63) is 17.7 Å². The number of amides is 1. The van der Waals surface area contributed by atoms with Crippen molar-refractivity contribution in [2.24, 2.45) is 0 Å². The zero-order chi connectivity index (χ0) is 15.0. The van der Waals surface area contributed by atoms with Crippen molar-refractivity contribution in [2.45, 2.75) is 32.2 Å². The van der Waals surface area contributed by atoms with Gasteiger partial charge in [-0.3, -0.25) is 9.69 Å². The molecule has 0 saturated carbocycles. The number of nitrogens with zero attached hydrogens (tertiary/aromatic N) is 2. The molecule has 5 nitrogen and oxygen atoms in total. The molecule has 1 aromatic rings. The van der Waals surface area contributed by atoms with Crippen molar-refractivity contribution in [1.82, 2.24) is 4.90 Å². The lowest BCUT2D eigenvalue weighted by Crippen LogP contribution is -2.51. The summed E-state index contributed by atoms with van der Waals surface area (Å²) in [7, 11) is 2.19. The molecule has 1 atom stereocenters. The van der Waals surface area contributed by atoms with E-state index in [-0.39, 0.29) is 5.91 Å². The first kappa shape index (κ1) is 14.2. The van der Waals surface area contributed by atoms with Crippen LogP contribution >= 0.6 is 0 Å². The molecule has 1 fully saturated rings. The predicted octanol–water partition coefficient (Wildman–Crippen LogP) is 1.68. The number of anilines is 3. The number of likely N-dealkylation sites (N-methyl/N-ethyl adjacent to an activating group) is 1. The van der Waals surface area contributed by atoms with E-state index in [1.54, 1.807) is 0 Å². The fraction of sp³-hybridized carbons (Fsp3) is 0.562. The van der Waals surface area contributed by atoms with Gasteiger partial charge in [0.15, 0.2) is 0 Å². The third-order valence-corrected chi connectivity index (χ3v) is 4.74. The Balaban J connectivity index is 1.87. The van der Waals surface area contributed by atoms with Gasteiger partial charge in [0.1, 0.15) is 0 Å². The lowest BCUT2D eigenvalue weighted by molar-refractivity contribution is -0.116. The van der Waals surface area contributed by atoms with Crippen LogP contribution in [0.3, 0.4) is 0 Å². The Labute approximate surface area is 126 Å². The van der Waals surface area contributed by atoms with Gasteiger partial charge in [0.2, 0.25) is 5.91 Å². The second-order valence-corrected chi connectivity index (χ2v) is 6.11. The van der Waals surface area contributed by atoms with Gasteiger partial charge in [0, 0.05) is 37.8 Å². The maximum atomic E-state index is 11.5. The van der Waals surface area contributed by atoms with Crippen molar-refractivity contribution in [1.29, 1.82) is 0 Å². The Morgan fingerprint density at radius 2 is 2.14 bits per heavy atom. The van der Waals surface area contributed by atoms with E-state index in [0.29, 0.717) is 12.5 Å². The van der Waals surface area contributed by atoms with E-state index in [1.165, 1.54) is 5.56 Å². The Morgan fingerprint density at radius 1 is 1.33 bits per heavy atom. The topological polar surface area (TPSA) is 61.6 Å². The lowest BCUT2D eigenvalue weighted by atomic mass is 10.00. The zero-order valence-electron chi connectivity index (χ0n) is 12.9. The van der Waals surface area contributed by atoms with Gasteiger partial charge in [-0.15, -0.1) is 0 Å². The Kier molecular flexibility index (Phi) is 3.76. The van der Waals surface area contributed by atoms with Crippen LogP contribution in [0.1, 0.15) is 25.3 Å². The highest BCUT2D eigenvalue weighted by atomic mass is 16.1. The Morgan fingerprint density at radius 3 is 2.90 bits per heavy atom. The average molecular weight is 288 g/mol. The van der Waals surface area contributed by atoms with E-state index < -0.39 is 0 Å². The summed E-state index contributed by atoms with van der Waals surface area (Å²) in [6.07, 6.45) is 2.52. The summed E-state index contributed by atoms with van der Waals surface area (Å²) in [5, 5.41) is 2.91. The fourth-order valence-electron chi connectivity index (χ4n) is 3.31. The maximum Gasteiger partial charge on any atom is 0.224 e. The summed E-state index contributed by atoms with van der Waals surface area (Å²) in [5.41, 5.74) is 10.2. The number of rotatable bonds is 2. The standard InChI is InChI=1S/C16H24N4O/c1-3-12-10-20(7-6-19(12)2)15-8-11-4-5-16(21)18-14(11)9-13(15)17/h8-9,12H,3-7,10,17H2,1-2H3,(H,18,21). The van der Waals surface area contributed by atoms with Gasteiger partial charge in [-0.2, -0.15) is 0 Å². The van der Waals surface area contributed by atoms with E-state index in [2.05, 4.69) is 35.2 Å². The monoisotopic (exact) mass is 288 g/mol. The smallest absolute Gasteiger partial charge is 0.224 e. The normalized spacial score (nSPS) is 22.9. The van der Waals surface area contributed by atoms with Crippen molar-refractivity contribution >= 4 is 23.0 Å². The molecule has 1 unspecified atom stereocenters. The van der Waals surface area contributed by atoms with Gasteiger partial charge in [-0.25, -0.2) is 0 Å². The molecule has 0 bridgehead atoms. The van der Waals surface area contributed by atoms with E-state index in [4.69, 9.17) is 5.73 Å². The molecule has 0 aromatic heterocycles. The quantitative estimate of drug-likeness (QED) is 0.813. The van der Waals surface area contributed by atoms with Gasteiger partial charge in [0.25, 0.3) is 0 Å². The highest BCUT2D eigenvalue weighted by Gasteiger charge is 2.25. The number of nitrogens with two attached hydrogens (primary N) is 1. The molecule has 2 aliphatic heterocycles. The molecule has 114 valence electrons. The molecule has 1 saturated heterocycles. The molecule has 3 rings (SSSR count). The summed E-state index contributed by atoms with van der Waals surface area (Å²) < 4.78 is 0. The number of carbonyl (C=O) groups excluding carboxylic acids is 1. The molecule has 1 amide bonds. The Hall–Kier alpha value is -1.75. The summed E-state index contributed by atoms with van der Waals surface area (Å²) in [4.78, 5) is 16.3. The molecule has 1 aromatic carbocycles. The first-order chi connectivity index (χ1) is 10.1. The molecular weight excluding hydrogens is 264 g/mol. The van der Waals surface area contributed by atoms with Crippen LogP contribution in [0, 0.1) is 0 Å². The highest BCUT2D eigenvalue weighted by Crippen LogP contribution is 2.34. The molecule has 2 aliphatic rings. The number of nitrogens with one attached hydrogen (secondary N) is 1. The maximum absolute atomic E-state index is 11.5. The van der Waals surface area contributed by atoms with E-state index >= 15 is 0 Å². The summed E-state index contributed by atoms with van der Waals surface area (Å²) >= 11 is 0. The second kappa shape index (κ2) is 5.56. The first-order valence-corrected chi connectivity index (χ1v) is 7.76. The predicted molar refractivity (Wildman–Crippen MR) is 86.7 cm³/mol. The third kappa shape index (κ3) is 2.70. The largest absolute Gasteiger partial charge is 0.397 e. The number of carbonyl (C=O) groups is 1. The highest BCUT2D eigenvalue weighted by molar-refractivity contribution is 5.95. The zero-order valence-corrected chi connectivity index (χ0v) is 12.9. The molecule has 0 aliphatic carbocycles. The molecular formula is C16H24N4O. The summed E-state index contributed by atoms with van der Waals surface area (Å²) in [6, 6.07) is 4.66. The van der Waals surface area contributed by atoms with Gasteiger partial charge < -0.3 is 16.0 Å². The van der Waals surface area contributed by atoms with Crippen molar-refractivity contribution in [3.8, 4) is 0 Å².